The first-order chi connectivity index (χ1) is 11.2. The molecule has 3 N–H and O–H groups in total. The van der Waals surface area contributed by atoms with Gasteiger partial charge in [0.15, 0.2) is 0 Å². The molecule has 0 spiro atoms. The Morgan fingerprint density at radius 3 is 2.00 bits per heavy atom. The van der Waals surface area contributed by atoms with Crippen molar-refractivity contribution >= 4 is 15.6 Å². The zero-order chi connectivity index (χ0) is 18.5. The van der Waals surface area contributed by atoms with Gasteiger partial charge in [-0.15, -0.1) is 0 Å². The lowest BCUT2D eigenvalue weighted by Crippen LogP contribution is -2.26. The van der Waals surface area contributed by atoms with E-state index >= 15 is 0 Å². The molecule has 0 fully saturated rings. The first-order valence-corrected chi connectivity index (χ1v) is 11.2. The third-order valence-corrected chi connectivity index (χ3v) is 5.08. The van der Waals surface area contributed by atoms with Crippen LogP contribution < -0.4 is 0 Å². The summed E-state index contributed by atoms with van der Waals surface area (Å²) in [7, 11) is -9.98. The highest BCUT2D eigenvalue weighted by Gasteiger charge is 2.33. The second kappa shape index (κ2) is 13.4. The lowest BCUT2D eigenvalue weighted by molar-refractivity contribution is -0.0428. The number of phosphoric acid groups is 2. The minimum absolute atomic E-state index is 0.158. The molecule has 2 unspecified atom stereocenters. The average molecular weight is 392 g/mol. The van der Waals surface area contributed by atoms with E-state index in [0.29, 0.717) is 13.2 Å². The Morgan fingerprint density at radius 2 is 1.46 bits per heavy atom. The van der Waals surface area contributed by atoms with Crippen LogP contribution in [0.2, 0.25) is 0 Å². The Bertz CT molecular complexity index is 399. The summed E-state index contributed by atoms with van der Waals surface area (Å²) >= 11 is 0. The number of ether oxygens (including phenoxy) is 2. The second-order valence-electron chi connectivity index (χ2n) is 5.32. The van der Waals surface area contributed by atoms with Crippen LogP contribution in [-0.4, -0.2) is 47.2 Å². The van der Waals surface area contributed by atoms with Gasteiger partial charge in [0.2, 0.25) is 0 Å². The number of rotatable bonds is 16. The molecule has 0 saturated heterocycles. The van der Waals surface area contributed by atoms with Gasteiger partial charge in [-0.25, -0.2) is 9.13 Å². The number of unbranched alkanes of at least 4 members (excludes halogenated alkanes) is 4. The van der Waals surface area contributed by atoms with Crippen LogP contribution in [0.5, 0.6) is 0 Å². The van der Waals surface area contributed by atoms with Crippen molar-refractivity contribution in [1.29, 1.82) is 0 Å². The molecule has 0 aliphatic rings. The van der Waals surface area contributed by atoms with E-state index in [0.717, 1.165) is 38.5 Å². The molecule has 0 saturated carbocycles. The van der Waals surface area contributed by atoms with Gasteiger partial charge in [-0.1, -0.05) is 39.5 Å². The van der Waals surface area contributed by atoms with E-state index in [1.807, 2.05) is 0 Å². The summed E-state index contributed by atoms with van der Waals surface area (Å²) in [6.45, 7) is 4.90. The molecule has 0 rings (SSSR count). The van der Waals surface area contributed by atoms with Gasteiger partial charge in [0.1, 0.15) is 6.10 Å². The van der Waals surface area contributed by atoms with E-state index in [-0.39, 0.29) is 13.2 Å². The fourth-order valence-corrected chi connectivity index (χ4v) is 3.37. The van der Waals surface area contributed by atoms with Crippen LogP contribution in [0.3, 0.4) is 0 Å². The maximum atomic E-state index is 11.4. The van der Waals surface area contributed by atoms with Crippen LogP contribution >= 0.6 is 15.6 Å². The van der Waals surface area contributed by atoms with Gasteiger partial charge >= 0.3 is 15.6 Å². The average Bonchev–Trinajstić information content (AvgIpc) is 2.45. The van der Waals surface area contributed by atoms with Crippen molar-refractivity contribution in [2.45, 2.75) is 58.5 Å². The largest absolute Gasteiger partial charge is 0.481 e. The summed E-state index contributed by atoms with van der Waals surface area (Å²) in [5, 5.41) is 0. The van der Waals surface area contributed by atoms with Crippen molar-refractivity contribution in [2.24, 2.45) is 0 Å². The van der Waals surface area contributed by atoms with Crippen LogP contribution in [0.4, 0.5) is 0 Å². The summed E-state index contributed by atoms with van der Waals surface area (Å²) in [6.07, 6.45) is 5.24. The molecule has 146 valence electrons. The van der Waals surface area contributed by atoms with Gasteiger partial charge in [-0.05, 0) is 12.8 Å². The van der Waals surface area contributed by atoms with Gasteiger partial charge in [0.25, 0.3) is 0 Å². The van der Waals surface area contributed by atoms with Crippen LogP contribution in [0.1, 0.15) is 52.4 Å². The molecule has 9 nitrogen and oxygen atoms in total. The lowest BCUT2D eigenvalue weighted by atomic mass is 10.2. The summed E-state index contributed by atoms with van der Waals surface area (Å²) in [4.78, 5) is 26.4. The number of phosphoric ester groups is 1. The zero-order valence-corrected chi connectivity index (χ0v) is 16.1. The number of hydrogen-bond acceptors (Lipinski definition) is 6. The fraction of sp³-hybridized carbons (Fsp3) is 1.00. The third kappa shape index (κ3) is 15.7. The highest BCUT2D eigenvalue weighted by molar-refractivity contribution is 7.60. The lowest BCUT2D eigenvalue weighted by Gasteiger charge is -2.20. The van der Waals surface area contributed by atoms with Gasteiger partial charge in [-0.2, -0.15) is 4.31 Å². The fourth-order valence-electron chi connectivity index (χ4n) is 1.75. The number of hydrogen-bond donors (Lipinski definition) is 3. The topological polar surface area (TPSA) is 132 Å². The molecular formula is C13H30O9P2. The normalized spacial score (nSPS) is 16.0. The monoisotopic (exact) mass is 392 g/mol. The smallest absolute Gasteiger partial charge is 0.379 e. The molecule has 0 aromatic carbocycles. The Balaban J connectivity index is 4.30. The first kappa shape index (κ1) is 24.2. The molecule has 0 bridgehead atoms. The first-order valence-electron chi connectivity index (χ1n) is 8.13. The van der Waals surface area contributed by atoms with Gasteiger partial charge in [0, 0.05) is 13.2 Å². The molecule has 0 amide bonds. The predicted molar refractivity (Wildman–Crippen MR) is 88.5 cm³/mol. The molecular weight excluding hydrogens is 362 g/mol. The maximum absolute atomic E-state index is 11.4. The third-order valence-electron chi connectivity index (χ3n) is 2.93. The molecule has 0 heterocycles. The summed E-state index contributed by atoms with van der Waals surface area (Å²) in [5.74, 6) is 0. The van der Waals surface area contributed by atoms with E-state index in [9.17, 15) is 14.0 Å². The Kier molecular flexibility index (Phi) is 13.5. The van der Waals surface area contributed by atoms with E-state index in [1.165, 1.54) is 0 Å². The Morgan fingerprint density at radius 1 is 0.875 bits per heavy atom. The van der Waals surface area contributed by atoms with Crippen LogP contribution in [0.25, 0.3) is 0 Å². The molecule has 0 aliphatic carbocycles. The van der Waals surface area contributed by atoms with Gasteiger partial charge < -0.3 is 24.2 Å². The Hall–Kier alpha value is 0.180. The summed E-state index contributed by atoms with van der Waals surface area (Å²) < 4.78 is 41.4. The van der Waals surface area contributed by atoms with Crippen molar-refractivity contribution in [1.82, 2.24) is 0 Å². The van der Waals surface area contributed by atoms with Crippen molar-refractivity contribution in [3.63, 3.8) is 0 Å². The molecule has 11 heteroatoms. The summed E-state index contributed by atoms with van der Waals surface area (Å²) in [6, 6.07) is 0. The van der Waals surface area contributed by atoms with Gasteiger partial charge in [-0.3, -0.25) is 4.52 Å². The Labute approximate surface area is 143 Å². The van der Waals surface area contributed by atoms with Crippen molar-refractivity contribution in [2.75, 3.05) is 26.4 Å². The van der Waals surface area contributed by atoms with Crippen LogP contribution in [0.15, 0.2) is 0 Å². The molecule has 2 atom stereocenters. The van der Waals surface area contributed by atoms with Crippen molar-refractivity contribution < 1.29 is 42.1 Å². The molecule has 0 aromatic heterocycles. The van der Waals surface area contributed by atoms with E-state index in [4.69, 9.17) is 19.3 Å². The predicted octanol–water partition coefficient (Wildman–Crippen LogP) is 2.99. The van der Waals surface area contributed by atoms with Gasteiger partial charge in [0.05, 0.1) is 13.2 Å². The minimum Gasteiger partial charge on any atom is -0.379 e. The highest BCUT2D eigenvalue weighted by Crippen LogP contribution is 2.57. The molecule has 0 radical (unpaired) electrons. The van der Waals surface area contributed by atoms with E-state index in [2.05, 4.69) is 22.7 Å². The van der Waals surface area contributed by atoms with E-state index < -0.39 is 21.7 Å². The van der Waals surface area contributed by atoms with Crippen LogP contribution in [0, 0.1) is 0 Å². The second-order valence-corrected chi connectivity index (χ2v) is 8.15. The van der Waals surface area contributed by atoms with Crippen LogP contribution in [-0.2, 0) is 27.4 Å². The molecule has 24 heavy (non-hydrogen) atoms. The SMILES string of the molecule is CCCCCOCC(COP(=O)(O)OP(=O)(O)O)OCCCCC. The zero-order valence-electron chi connectivity index (χ0n) is 14.3. The summed E-state index contributed by atoms with van der Waals surface area (Å²) in [5.41, 5.74) is 0. The molecule has 0 aliphatic heterocycles. The maximum Gasteiger partial charge on any atom is 0.481 e. The standard InChI is InChI=1S/C13H30O9P2/c1-3-5-7-9-19-11-13(20-10-8-6-4-2)12-21-24(17,18)22-23(14,15)16/h13H,3-12H2,1-2H3,(H,17,18)(H2,14,15,16). The van der Waals surface area contributed by atoms with E-state index in [1.54, 1.807) is 0 Å². The van der Waals surface area contributed by atoms with Crippen molar-refractivity contribution in [3.05, 3.63) is 0 Å². The molecule has 0 aromatic rings. The minimum atomic E-state index is -5.12. The van der Waals surface area contributed by atoms with Crippen molar-refractivity contribution in [3.8, 4) is 0 Å². The quantitative estimate of drug-likeness (QED) is 0.268. The highest BCUT2D eigenvalue weighted by atomic mass is 31.3.